The molecule has 0 fully saturated rings. The standard InChI is InChI=1S/C32H40ClN3O5S/c1-7-23(4)34-32(38)29(8-2)35(20-25-11-9-12-26(19-25)41-6)31(37)21-36(30-14-10-13-28(33)24(30)5)42(39,40)27-17-15-22(3)16-18-27/h9-19,23,29H,7-8,20-21H2,1-6H3,(H,34,38)/t23-,29+/m0/s1. The topological polar surface area (TPSA) is 96.0 Å². The van der Waals surface area contributed by atoms with Crippen LogP contribution in [0.2, 0.25) is 5.02 Å². The van der Waals surface area contributed by atoms with Gasteiger partial charge in [-0.1, -0.05) is 61.3 Å². The van der Waals surface area contributed by atoms with E-state index in [1.165, 1.54) is 17.0 Å². The minimum atomic E-state index is -4.19. The molecule has 3 aromatic carbocycles. The third kappa shape index (κ3) is 7.83. The van der Waals surface area contributed by atoms with Crippen molar-refractivity contribution in [3.8, 4) is 5.75 Å². The van der Waals surface area contributed by atoms with Crippen molar-refractivity contribution in [2.75, 3.05) is 18.0 Å². The lowest BCUT2D eigenvalue weighted by Crippen LogP contribution is -2.53. The first-order chi connectivity index (χ1) is 19.9. The van der Waals surface area contributed by atoms with Gasteiger partial charge in [0, 0.05) is 17.6 Å². The number of aryl methyl sites for hydroxylation is 1. The van der Waals surface area contributed by atoms with Crippen LogP contribution in [0.1, 0.15) is 50.3 Å². The molecule has 10 heteroatoms. The predicted octanol–water partition coefficient (Wildman–Crippen LogP) is 5.88. The summed E-state index contributed by atoms with van der Waals surface area (Å²) in [5.41, 5.74) is 2.45. The van der Waals surface area contributed by atoms with Gasteiger partial charge in [-0.05, 0) is 81.1 Å². The third-order valence-electron chi connectivity index (χ3n) is 7.27. The number of amides is 2. The molecular weight excluding hydrogens is 574 g/mol. The number of ether oxygens (including phenoxy) is 1. The van der Waals surface area contributed by atoms with E-state index >= 15 is 0 Å². The van der Waals surface area contributed by atoms with Gasteiger partial charge in [-0.2, -0.15) is 0 Å². The smallest absolute Gasteiger partial charge is 0.264 e. The number of halogens is 1. The van der Waals surface area contributed by atoms with Gasteiger partial charge in [-0.15, -0.1) is 0 Å². The number of nitrogens with one attached hydrogen (secondary N) is 1. The fraction of sp³-hybridized carbons (Fsp3) is 0.375. The highest BCUT2D eigenvalue weighted by atomic mass is 35.5. The molecule has 8 nitrogen and oxygen atoms in total. The second kappa shape index (κ2) is 14.6. The molecule has 42 heavy (non-hydrogen) atoms. The molecule has 0 aromatic heterocycles. The fourth-order valence-corrected chi connectivity index (χ4v) is 6.19. The second-order valence-corrected chi connectivity index (χ2v) is 12.6. The van der Waals surface area contributed by atoms with Crippen LogP contribution in [0, 0.1) is 13.8 Å². The van der Waals surface area contributed by atoms with Crippen LogP contribution in [0.5, 0.6) is 5.75 Å². The van der Waals surface area contributed by atoms with Crippen LogP contribution >= 0.6 is 11.6 Å². The number of methoxy groups -OCH3 is 1. The Morgan fingerprint density at radius 3 is 2.26 bits per heavy atom. The van der Waals surface area contributed by atoms with Crippen molar-refractivity contribution in [1.82, 2.24) is 10.2 Å². The highest BCUT2D eigenvalue weighted by molar-refractivity contribution is 7.92. The molecule has 2 amide bonds. The number of hydrogen-bond donors (Lipinski definition) is 1. The van der Waals surface area contributed by atoms with Crippen LogP contribution in [0.3, 0.4) is 0 Å². The summed E-state index contributed by atoms with van der Waals surface area (Å²) in [6.45, 7) is 8.81. The van der Waals surface area contributed by atoms with E-state index in [9.17, 15) is 18.0 Å². The summed E-state index contributed by atoms with van der Waals surface area (Å²) >= 11 is 6.40. The van der Waals surface area contributed by atoms with Gasteiger partial charge in [0.05, 0.1) is 17.7 Å². The number of nitrogens with zero attached hydrogens (tertiary/aromatic N) is 2. The molecule has 226 valence electrons. The fourth-order valence-electron chi connectivity index (χ4n) is 4.55. The first-order valence-electron chi connectivity index (χ1n) is 14.0. The van der Waals surface area contributed by atoms with E-state index < -0.39 is 28.5 Å². The van der Waals surface area contributed by atoms with Gasteiger partial charge >= 0.3 is 0 Å². The van der Waals surface area contributed by atoms with E-state index in [1.54, 1.807) is 62.6 Å². The van der Waals surface area contributed by atoms with Crippen molar-refractivity contribution in [1.29, 1.82) is 0 Å². The number of anilines is 1. The Morgan fingerprint density at radius 1 is 0.976 bits per heavy atom. The van der Waals surface area contributed by atoms with Crippen molar-refractivity contribution in [3.05, 3.63) is 88.4 Å². The van der Waals surface area contributed by atoms with Crippen molar-refractivity contribution >= 4 is 39.1 Å². The number of benzene rings is 3. The van der Waals surface area contributed by atoms with Gasteiger partial charge in [0.2, 0.25) is 11.8 Å². The summed E-state index contributed by atoms with van der Waals surface area (Å²) < 4.78 is 34.6. The number of hydrogen-bond acceptors (Lipinski definition) is 5. The molecule has 0 unspecified atom stereocenters. The first kappa shape index (κ1) is 32.9. The van der Waals surface area contributed by atoms with E-state index in [-0.39, 0.29) is 29.1 Å². The molecular formula is C32H40ClN3O5S. The summed E-state index contributed by atoms with van der Waals surface area (Å²) in [6.07, 6.45) is 1.06. The Morgan fingerprint density at radius 2 is 1.64 bits per heavy atom. The molecule has 0 aliphatic rings. The lowest BCUT2D eigenvalue weighted by atomic mass is 10.1. The van der Waals surface area contributed by atoms with Crippen LogP contribution in [0.15, 0.2) is 71.6 Å². The second-order valence-electron chi connectivity index (χ2n) is 10.3. The van der Waals surface area contributed by atoms with E-state index in [1.807, 2.05) is 33.8 Å². The quantitative estimate of drug-likeness (QED) is 0.260. The number of carbonyl (C=O) groups is 2. The van der Waals surface area contributed by atoms with Gasteiger partial charge in [-0.25, -0.2) is 8.42 Å². The molecule has 0 heterocycles. The number of rotatable bonds is 13. The van der Waals surface area contributed by atoms with Crippen LogP contribution in [-0.2, 0) is 26.2 Å². The van der Waals surface area contributed by atoms with E-state index in [2.05, 4.69) is 5.32 Å². The molecule has 0 aliphatic heterocycles. The van der Waals surface area contributed by atoms with E-state index in [0.717, 1.165) is 21.9 Å². The molecule has 2 atom stereocenters. The minimum absolute atomic E-state index is 0.0428. The summed E-state index contributed by atoms with van der Waals surface area (Å²) in [6, 6.07) is 17.7. The molecule has 0 radical (unpaired) electrons. The first-order valence-corrected chi connectivity index (χ1v) is 15.8. The van der Waals surface area contributed by atoms with Crippen LogP contribution in [0.25, 0.3) is 0 Å². The maximum absolute atomic E-state index is 14.2. The van der Waals surface area contributed by atoms with Crippen molar-refractivity contribution in [2.45, 2.75) is 71.0 Å². The van der Waals surface area contributed by atoms with Crippen molar-refractivity contribution in [2.24, 2.45) is 0 Å². The highest BCUT2D eigenvalue weighted by Gasteiger charge is 2.34. The number of sulfonamides is 1. The molecule has 0 saturated heterocycles. The summed E-state index contributed by atoms with van der Waals surface area (Å²) in [4.78, 5) is 29.2. The Bertz CT molecular complexity index is 1490. The summed E-state index contributed by atoms with van der Waals surface area (Å²) in [7, 11) is -2.64. The molecule has 0 saturated carbocycles. The zero-order valence-corrected chi connectivity index (χ0v) is 26.6. The molecule has 3 rings (SSSR count). The third-order valence-corrected chi connectivity index (χ3v) is 9.45. The predicted molar refractivity (Wildman–Crippen MR) is 167 cm³/mol. The van der Waals surface area contributed by atoms with E-state index in [4.69, 9.17) is 16.3 Å². The zero-order valence-electron chi connectivity index (χ0n) is 25.1. The van der Waals surface area contributed by atoms with Gasteiger partial charge < -0.3 is 15.0 Å². The molecule has 0 spiro atoms. The lowest BCUT2D eigenvalue weighted by Gasteiger charge is -2.34. The normalized spacial score (nSPS) is 12.7. The molecule has 1 N–H and O–H groups in total. The maximum atomic E-state index is 14.2. The lowest BCUT2D eigenvalue weighted by molar-refractivity contribution is -0.140. The zero-order chi connectivity index (χ0) is 31.0. The van der Waals surface area contributed by atoms with E-state index in [0.29, 0.717) is 22.8 Å². The molecule has 0 bridgehead atoms. The molecule has 0 aliphatic carbocycles. The van der Waals surface area contributed by atoms with Crippen LogP contribution < -0.4 is 14.4 Å². The maximum Gasteiger partial charge on any atom is 0.264 e. The van der Waals surface area contributed by atoms with Crippen molar-refractivity contribution in [3.63, 3.8) is 0 Å². The summed E-state index contributed by atoms with van der Waals surface area (Å²) in [5, 5.41) is 3.35. The van der Waals surface area contributed by atoms with Crippen LogP contribution in [0.4, 0.5) is 5.69 Å². The Labute approximate surface area is 254 Å². The minimum Gasteiger partial charge on any atom is -0.497 e. The Kier molecular flexibility index (Phi) is 11.4. The van der Waals surface area contributed by atoms with Gasteiger partial charge in [0.25, 0.3) is 10.0 Å². The van der Waals surface area contributed by atoms with Gasteiger partial charge in [0.15, 0.2) is 0 Å². The number of carbonyl (C=O) groups excluding carboxylic acids is 2. The Balaban J connectivity index is 2.11. The van der Waals surface area contributed by atoms with Gasteiger partial charge in [0.1, 0.15) is 18.3 Å². The van der Waals surface area contributed by atoms with Crippen molar-refractivity contribution < 1.29 is 22.7 Å². The SMILES string of the molecule is CC[C@H](C(=O)N[C@@H](C)CC)N(Cc1cccc(OC)c1)C(=O)CN(c1cccc(Cl)c1C)S(=O)(=O)c1ccc(C)cc1. The Hall–Kier alpha value is -3.56. The average molecular weight is 614 g/mol. The largest absolute Gasteiger partial charge is 0.497 e. The summed E-state index contributed by atoms with van der Waals surface area (Å²) in [5.74, 6) is -0.218. The highest BCUT2D eigenvalue weighted by Crippen LogP contribution is 2.31. The van der Waals surface area contributed by atoms with Gasteiger partial charge in [-0.3, -0.25) is 13.9 Å². The average Bonchev–Trinajstić information content (AvgIpc) is 2.97. The molecule has 3 aromatic rings. The monoisotopic (exact) mass is 613 g/mol. The van der Waals surface area contributed by atoms with Crippen LogP contribution in [-0.4, -0.2) is 50.9 Å².